The molecule has 2 aromatic rings. The minimum atomic E-state index is -0.519. The Morgan fingerprint density at radius 2 is 1.00 bits per heavy atom. The molecule has 0 radical (unpaired) electrons. The van der Waals surface area contributed by atoms with Crippen molar-refractivity contribution in [2.24, 2.45) is 0 Å². The first-order valence-electron chi connectivity index (χ1n) is 5.93. The maximum Gasteiger partial charge on any atom is 0.178 e. The molecule has 0 saturated heterocycles. The lowest BCUT2D eigenvalue weighted by Gasteiger charge is -2.04. The van der Waals surface area contributed by atoms with E-state index in [4.69, 9.17) is 4.12 Å². The van der Waals surface area contributed by atoms with Gasteiger partial charge in [-0.15, -0.1) is 0 Å². The highest BCUT2D eigenvalue weighted by atomic mass is 28.3. The molecular weight excluding hydrogens is 240 g/mol. The summed E-state index contributed by atoms with van der Waals surface area (Å²) in [5.74, 6) is 0. The Balaban J connectivity index is 1.83. The molecule has 88 valence electrons. The first-order chi connectivity index (χ1) is 8.24. The lowest BCUT2D eigenvalue weighted by molar-refractivity contribution is 0.663. The van der Waals surface area contributed by atoms with Gasteiger partial charge in [0.15, 0.2) is 19.5 Å². The van der Waals surface area contributed by atoms with Crippen molar-refractivity contribution in [1.82, 2.24) is 0 Å². The molecule has 17 heavy (non-hydrogen) atoms. The van der Waals surface area contributed by atoms with Crippen LogP contribution in [0, 0.1) is 13.8 Å². The van der Waals surface area contributed by atoms with Crippen molar-refractivity contribution in [3.05, 3.63) is 59.7 Å². The van der Waals surface area contributed by atoms with Crippen LogP contribution in [0.4, 0.5) is 0 Å². The second-order valence-electron chi connectivity index (χ2n) is 4.46. The van der Waals surface area contributed by atoms with Crippen LogP contribution in [0.3, 0.4) is 0 Å². The molecule has 0 amide bonds. The van der Waals surface area contributed by atoms with Gasteiger partial charge in [0.05, 0.1) is 0 Å². The van der Waals surface area contributed by atoms with Crippen LogP contribution in [0.15, 0.2) is 48.5 Å². The van der Waals surface area contributed by atoms with Crippen LogP contribution in [0.5, 0.6) is 0 Å². The summed E-state index contributed by atoms with van der Waals surface area (Å²) in [4.78, 5) is 0. The minimum Gasteiger partial charge on any atom is -0.458 e. The van der Waals surface area contributed by atoms with Gasteiger partial charge in [0.2, 0.25) is 0 Å². The van der Waals surface area contributed by atoms with E-state index in [1.165, 1.54) is 21.5 Å². The summed E-state index contributed by atoms with van der Waals surface area (Å²) < 4.78 is 5.96. The quantitative estimate of drug-likeness (QED) is 0.723. The van der Waals surface area contributed by atoms with Gasteiger partial charge in [0, 0.05) is 0 Å². The third-order valence-electron chi connectivity index (χ3n) is 2.78. The van der Waals surface area contributed by atoms with Gasteiger partial charge < -0.3 is 4.12 Å². The van der Waals surface area contributed by atoms with Crippen molar-refractivity contribution in [2.75, 3.05) is 0 Å². The highest BCUT2D eigenvalue weighted by Gasteiger charge is 1.97. The SMILES string of the molecule is Cc1ccc([SiH2]O[SiH2]c2ccc(C)cc2)cc1. The van der Waals surface area contributed by atoms with Crippen LogP contribution >= 0.6 is 0 Å². The van der Waals surface area contributed by atoms with Crippen LogP contribution in [-0.2, 0) is 4.12 Å². The van der Waals surface area contributed by atoms with Crippen molar-refractivity contribution in [3.63, 3.8) is 0 Å². The average molecular weight is 258 g/mol. The lowest BCUT2D eigenvalue weighted by atomic mass is 10.2. The smallest absolute Gasteiger partial charge is 0.178 e. The van der Waals surface area contributed by atoms with E-state index in [0.29, 0.717) is 0 Å². The number of benzene rings is 2. The van der Waals surface area contributed by atoms with E-state index in [0.717, 1.165) is 0 Å². The Hall–Kier alpha value is -1.17. The summed E-state index contributed by atoms with van der Waals surface area (Å²) in [6.07, 6.45) is 0. The predicted octanol–water partition coefficient (Wildman–Crippen LogP) is 0.438. The summed E-state index contributed by atoms with van der Waals surface area (Å²) in [5.41, 5.74) is 2.64. The molecule has 0 N–H and O–H groups in total. The zero-order valence-electron chi connectivity index (χ0n) is 10.4. The standard InChI is InChI=1S/C14H18OSi2/c1-11-3-7-13(8-4-11)16-15-17-14-9-5-12(2)6-10-14/h3-10H,16-17H2,1-2H3. The largest absolute Gasteiger partial charge is 0.458 e. The molecular formula is C14H18OSi2. The Kier molecular flexibility index (Phi) is 4.31. The number of rotatable bonds is 4. The maximum absolute atomic E-state index is 5.96. The average Bonchev–Trinajstić information content (AvgIpc) is 2.34. The number of hydrogen-bond donors (Lipinski definition) is 0. The predicted molar refractivity (Wildman–Crippen MR) is 79.8 cm³/mol. The van der Waals surface area contributed by atoms with Gasteiger partial charge in [-0.2, -0.15) is 0 Å². The summed E-state index contributed by atoms with van der Waals surface area (Å²) in [6, 6.07) is 17.5. The Labute approximate surface area is 108 Å². The third kappa shape index (κ3) is 3.96. The Morgan fingerprint density at radius 3 is 1.35 bits per heavy atom. The molecule has 0 heterocycles. The van der Waals surface area contributed by atoms with Crippen molar-refractivity contribution in [2.45, 2.75) is 13.8 Å². The van der Waals surface area contributed by atoms with Crippen LogP contribution in [0.25, 0.3) is 0 Å². The molecule has 3 heteroatoms. The van der Waals surface area contributed by atoms with E-state index in [2.05, 4.69) is 62.4 Å². The van der Waals surface area contributed by atoms with Crippen molar-refractivity contribution < 1.29 is 4.12 Å². The maximum atomic E-state index is 5.96. The molecule has 0 aliphatic carbocycles. The molecule has 0 aromatic heterocycles. The Bertz CT molecular complexity index is 417. The molecule has 0 atom stereocenters. The summed E-state index contributed by atoms with van der Waals surface area (Å²) in [7, 11) is -1.04. The third-order valence-corrected chi connectivity index (χ3v) is 6.02. The second-order valence-corrected chi connectivity index (χ2v) is 8.31. The second kappa shape index (κ2) is 5.95. The van der Waals surface area contributed by atoms with E-state index in [9.17, 15) is 0 Å². The summed E-state index contributed by atoms with van der Waals surface area (Å²) >= 11 is 0. The van der Waals surface area contributed by atoms with E-state index in [1.807, 2.05) is 0 Å². The zero-order valence-corrected chi connectivity index (χ0v) is 13.3. The lowest BCUT2D eigenvalue weighted by Crippen LogP contribution is -2.25. The summed E-state index contributed by atoms with van der Waals surface area (Å²) in [6.45, 7) is 4.24. The van der Waals surface area contributed by atoms with E-state index < -0.39 is 19.5 Å². The number of aryl methyl sites for hydroxylation is 2. The fourth-order valence-electron chi connectivity index (χ4n) is 1.66. The highest BCUT2D eigenvalue weighted by Crippen LogP contribution is 1.93. The molecule has 2 aromatic carbocycles. The van der Waals surface area contributed by atoms with Crippen LogP contribution < -0.4 is 10.4 Å². The van der Waals surface area contributed by atoms with Crippen molar-refractivity contribution >= 4 is 29.9 Å². The van der Waals surface area contributed by atoms with Crippen LogP contribution in [0.1, 0.15) is 11.1 Å². The van der Waals surface area contributed by atoms with Crippen LogP contribution in [0.2, 0.25) is 0 Å². The fourth-order valence-corrected chi connectivity index (χ4v) is 4.81. The molecule has 0 bridgehead atoms. The molecule has 0 spiro atoms. The van der Waals surface area contributed by atoms with Crippen molar-refractivity contribution in [3.8, 4) is 0 Å². The van der Waals surface area contributed by atoms with Gasteiger partial charge in [-0.05, 0) is 24.2 Å². The molecule has 0 aliphatic heterocycles. The molecule has 0 fully saturated rings. The molecule has 0 unspecified atom stereocenters. The molecule has 0 saturated carbocycles. The van der Waals surface area contributed by atoms with E-state index >= 15 is 0 Å². The normalized spacial score (nSPS) is 11.9. The topological polar surface area (TPSA) is 9.23 Å². The summed E-state index contributed by atoms with van der Waals surface area (Å²) in [5, 5.41) is 2.80. The van der Waals surface area contributed by atoms with Gasteiger partial charge in [0.1, 0.15) is 0 Å². The van der Waals surface area contributed by atoms with Gasteiger partial charge in [0.25, 0.3) is 0 Å². The first-order valence-corrected chi connectivity index (χ1v) is 8.50. The van der Waals surface area contributed by atoms with Gasteiger partial charge >= 0.3 is 0 Å². The van der Waals surface area contributed by atoms with E-state index in [1.54, 1.807) is 0 Å². The number of hydrogen-bond acceptors (Lipinski definition) is 1. The van der Waals surface area contributed by atoms with Gasteiger partial charge in [-0.1, -0.05) is 59.7 Å². The van der Waals surface area contributed by atoms with Gasteiger partial charge in [-0.25, -0.2) is 0 Å². The highest BCUT2D eigenvalue weighted by molar-refractivity contribution is 6.60. The van der Waals surface area contributed by atoms with E-state index in [-0.39, 0.29) is 0 Å². The minimum absolute atomic E-state index is 0.519. The first kappa shape index (κ1) is 12.3. The molecule has 1 nitrogen and oxygen atoms in total. The zero-order chi connectivity index (χ0) is 12.1. The Morgan fingerprint density at radius 1 is 0.647 bits per heavy atom. The van der Waals surface area contributed by atoms with Crippen LogP contribution in [-0.4, -0.2) is 19.5 Å². The molecule has 2 rings (SSSR count). The fraction of sp³-hybridized carbons (Fsp3) is 0.143. The van der Waals surface area contributed by atoms with Crippen molar-refractivity contribution in [1.29, 1.82) is 0 Å². The monoisotopic (exact) mass is 258 g/mol. The molecule has 0 aliphatic rings. The van der Waals surface area contributed by atoms with Gasteiger partial charge in [-0.3, -0.25) is 0 Å².